The second-order valence-corrected chi connectivity index (χ2v) is 5.54. The molecule has 1 aromatic heterocycles. The van der Waals surface area contributed by atoms with Crippen molar-refractivity contribution in [1.82, 2.24) is 10.3 Å². The van der Waals surface area contributed by atoms with Gasteiger partial charge in [-0.1, -0.05) is 18.2 Å². The largest absolute Gasteiger partial charge is 0.492 e. The van der Waals surface area contributed by atoms with E-state index in [1.165, 1.54) is 6.07 Å². The van der Waals surface area contributed by atoms with Crippen LogP contribution in [0.4, 0.5) is 4.39 Å². The number of fused-ring (bicyclic) bond motifs is 1. The zero-order chi connectivity index (χ0) is 15.9. The van der Waals surface area contributed by atoms with Gasteiger partial charge in [0.2, 0.25) is 0 Å². The van der Waals surface area contributed by atoms with Crippen molar-refractivity contribution >= 4 is 10.9 Å². The Balaban J connectivity index is 1.33. The molecule has 0 aliphatic rings. The highest BCUT2D eigenvalue weighted by Crippen LogP contribution is 2.17. The van der Waals surface area contributed by atoms with E-state index < -0.39 is 0 Å². The number of aryl methyl sites for hydroxylation is 1. The Morgan fingerprint density at radius 1 is 1.00 bits per heavy atom. The Morgan fingerprint density at radius 2 is 1.87 bits per heavy atom. The average Bonchev–Trinajstić information content (AvgIpc) is 2.96. The number of rotatable bonds is 8. The number of halogens is 1. The average molecular weight is 312 g/mol. The van der Waals surface area contributed by atoms with Crippen LogP contribution < -0.4 is 10.1 Å². The smallest absolute Gasteiger partial charge is 0.123 e. The lowest BCUT2D eigenvalue weighted by atomic mass is 10.2. The van der Waals surface area contributed by atoms with Gasteiger partial charge in [0.25, 0.3) is 0 Å². The first-order chi connectivity index (χ1) is 11.3. The minimum absolute atomic E-state index is 0.192. The van der Waals surface area contributed by atoms with Gasteiger partial charge in [0.15, 0.2) is 0 Å². The molecule has 0 unspecified atom stereocenters. The maximum absolute atomic E-state index is 13.2. The Bertz CT molecular complexity index is 739. The van der Waals surface area contributed by atoms with Crippen LogP contribution in [0.1, 0.15) is 12.1 Å². The lowest BCUT2D eigenvalue weighted by Gasteiger charge is -2.07. The molecule has 0 aliphatic carbocycles. The first kappa shape index (κ1) is 15.6. The van der Waals surface area contributed by atoms with Crippen LogP contribution >= 0.6 is 0 Å². The summed E-state index contributed by atoms with van der Waals surface area (Å²) < 4.78 is 18.8. The molecule has 0 atom stereocenters. The van der Waals surface area contributed by atoms with Crippen molar-refractivity contribution in [3.05, 3.63) is 66.1 Å². The Labute approximate surface area is 135 Å². The summed E-state index contributed by atoms with van der Waals surface area (Å²) in [6.45, 7) is 2.42. The minimum atomic E-state index is -0.192. The predicted octanol–water partition coefficient (Wildman–Crippen LogP) is 3.91. The molecule has 1 heterocycles. The molecule has 0 bridgehead atoms. The van der Waals surface area contributed by atoms with Crippen LogP contribution in [-0.2, 0) is 6.42 Å². The van der Waals surface area contributed by atoms with Gasteiger partial charge in [-0.3, -0.25) is 0 Å². The van der Waals surface area contributed by atoms with E-state index in [4.69, 9.17) is 4.74 Å². The van der Waals surface area contributed by atoms with Gasteiger partial charge >= 0.3 is 0 Å². The van der Waals surface area contributed by atoms with E-state index >= 15 is 0 Å². The summed E-state index contributed by atoms with van der Waals surface area (Å²) in [5.41, 5.74) is 2.14. The van der Waals surface area contributed by atoms with Gasteiger partial charge in [-0.25, -0.2) is 4.39 Å². The Morgan fingerprint density at radius 3 is 2.74 bits per heavy atom. The van der Waals surface area contributed by atoms with Gasteiger partial charge < -0.3 is 15.0 Å². The van der Waals surface area contributed by atoms with Crippen molar-refractivity contribution in [1.29, 1.82) is 0 Å². The molecular formula is C19H21FN2O. The Kier molecular flexibility index (Phi) is 5.27. The van der Waals surface area contributed by atoms with E-state index in [0.717, 1.165) is 48.3 Å². The summed E-state index contributed by atoms with van der Waals surface area (Å²) in [6, 6.07) is 16.7. The SMILES string of the molecule is Fc1ccc2[nH]c(CCCNCCOc3ccccc3)cc2c1. The first-order valence-corrected chi connectivity index (χ1v) is 7.97. The predicted molar refractivity (Wildman–Crippen MR) is 91.4 cm³/mol. The topological polar surface area (TPSA) is 37.0 Å². The fourth-order valence-corrected chi connectivity index (χ4v) is 2.58. The van der Waals surface area contributed by atoms with E-state index in [1.54, 1.807) is 12.1 Å². The third kappa shape index (κ3) is 4.57. The lowest BCUT2D eigenvalue weighted by Crippen LogP contribution is -2.22. The third-order valence-corrected chi connectivity index (χ3v) is 3.73. The number of para-hydroxylation sites is 1. The van der Waals surface area contributed by atoms with Crippen molar-refractivity contribution in [3.63, 3.8) is 0 Å². The van der Waals surface area contributed by atoms with Crippen LogP contribution in [0, 0.1) is 5.82 Å². The molecule has 0 fully saturated rings. The number of aromatic nitrogens is 1. The van der Waals surface area contributed by atoms with Gasteiger partial charge in [-0.05, 0) is 55.8 Å². The first-order valence-electron chi connectivity index (χ1n) is 7.97. The molecule has 0 spiro atoms. The summed E-state index contributed by atoms with van der Waals surface area (Å²) in [4.78, 5) is 3.33. The highest BCUT2D eigenvalue weighted by atomic mass is 19.1. The highest BCUT2D eigenvalue weighted by molar-refractivity contribution is 5.80. The highest BCUT2D eigenvalue weighted by Gasteiger charge is 2.02. The number of hydrogen-bond donors (Lipinski definition) is 2. The number of ether oxygens (including phenoxy) is 1. The van der Waals surface area contributed by atoms with Crippen molar-refractivity contribution < 1.29 is 9.13 Å². The maximum Gasteiger partial charge on any atom is 0.123 e. The number of hydrogen-bond acceptors (Lipinski definition) is 2. The normalized spacial score (nSPS) is 11.0. The van der Waals surface area contributed by atoms with Gasteiger partial charge in [0.05, 0.1) is 0 Å². The van der Waals surface area contributed by atoms with E-state index in [9.17, 15) is 4.39 Å². The molecule has 0 amide bonds. The number of nitrogens with one attached hydrogen (secondary N) is 2. The molecule has 3 rings (SSSR count). The fraction of sp³-hybridized carbons (Fsp3) is 0.263. The van der Waals surface area contributed by atoms with Crippen molar-refractivity contribution in [2.24, 2.45) is 0 Å². The summed E-state index contributed by atoms with van der Waals surface area (Å²) >= 11 is 0. The molecule has 0 aliphatic heterocycles. The van der Waals surface area contributed by atoms with Crippen molar-refractivity contribution in [2.45, 2.75) is 12.8 Å². The second-order valence-electron chi connectivity index (χ2n) is 5.54. The lowest BCUT2D eigenvalue weighted by molar-refractivity contribution is 0.314. The molecule has 0 radical (unpaired) electrons. The van der Waals surface area contributed by atoms with Crippen LogP contribution in [0.3, 0.4) is 0 Å². The molecule has 3 aromatic rings. The van der Waals surface area contributed by atoms with E-state index in [0.29, 0.717) is 6.61 Å². The van der Waals surface area contributed by atoms with Gasteiger partial charge in [0.1, 0.15) is 18.2 Å². The van der Waals surface area contributed by atoms with Crippen molar-refractivity contribution in [3.8, 4) is 5.75 Å². The number of aromatic amines is 1. The van der Waals surface area contributed by atoms with E-state index in [1.807, 2.05) is 36.4 Å². The second kappa shape index (κ2) is 7.79. The molecular weight excluding hydrogens is 291 g/mol. The quantitative estimate of drug-likeness (QED) is 0.619. The van der Waals surface area contributed by atoms with Crippen LogP contribution in [0.15, 0.2) is 54.6 Å². The minimum Gasteiger partial charge on any atom is -0.492 e. The van der Waals surface area contributed by atoms with E-state index in [-0.39, 0.29) is 5.82 Å². The summed E-state index contributed by atoms with van der Waals surface area (Å²) in [6.07, 6.45) is 1.98. The zero-order valence-corrected chi connectivity index (χ0v) is 13.0. The monoisotopic (exact) mass is 312 g/mol. The molecule has 120 valence electrons. The van der Waals surface area contributed by atoms with Crippen LogP contribution in [0.5, 0.6) is 5.75 Å². The zero-order valence-electron chi connectivity index (χ0n) is 13.0. The maximum atomic E-state index is 13.2. The fourth-order valence-electron chi connectivity index (χ4n) is 2.58. The summed E-state index contributed by atoms with van der Waals surface area (Å²) in [5, 5.41) is 4.30. The van der Waals surface area contributed by atoms with Gasteiger partial charge in [0, 0.05) is 23.1 Å². The van der Waals surface area contributed by atoms with Gasteiger partial charge in [-0.15, -0.1) is 0 Å². The number of H-pyrrole nitrogens is 1. The molecule has 4 heteroatoms. The molecule has 0 saturated heterocycles. The number of benzene rings is 2. The summed E-state index contributed by atoms with van der Waals surface area (Å²) in [7, 11) is 0. The molecule has 2 aromatic carbocycles. The molecule has 3 nitrogen and oxygen atoms in total. The summed E-state index contributed by atoms with van der Waals surface area (Å²) in [5.74, 6) is 0.711. The van der Waals surface area contributed by atoms with Crippen LogP contribution in [0.25, 0.3) is 10.9 Å². The van der Waals surface area contributed by atoms with Gasteiger partial charge in [-0.2, -0.15) is 0 Å². The third-order valence-electron chi connectivity index (χ3n) is 3.73. The standard InChI is InChI=1S/C19H21FN2O/c20-16-8-9-19-15(13-16)14-17(22-19)5-4-10-21-11-12-23-18-6-2-1-3-7-18/h1-3,6-9,13-14,21-22H,4-5,10-12H2. The van der Waals surface area contributed by atoms with Crippen molar-refractivity contribution in [2.75, 3.05) is 19.7 Å². The molecule has 2 N–H and O–H groups in total. The van der Waals surface area contributed by atoms with Crippen LogP contribution in [-0.4, -0.2) is 24.7 Å². The van der Waals surface area contributed by atoms with E-state index in [2.05, 4.69) is 10.3 Å². The molecule has 0 saturated carbocycles. The van der Waals surface area contributed by atoms with Crippen LogP contribution in [0.2, 0.25) is 0 Å². The Hall–Kier alpha value is -2.33. The molecule has 23 heavy (non-hydrogen) atoms.